The van der Waals surface area contributed by atoms with Gasteiger partial charge in [0.15, 0.2) is 0 Å². The summed E-state index contributed by atoms with van der Waals surface area (Å²) in [5, 5.41) is 9.41. The lowest BCUT2D eigenvalue weighted by Crippen LogP contribution is -2.27. The number of rotatable bonds is 9. The van der Waals surface area contributed by atoms with E-state index in [1.54, 1.807) is 13.8 Å². The third-order valence-corrected chi connectivity index (χ3v) is 4.49. The highest BCUT2D eigenvalue weighted by molar-refractivity contribution is 7.57. The Balaban J connectivity index is 2.85. The molecule has 1 atom stereocenters. The number of aliphatic hydroxyl groups is 1. The minimum Gasteiger partial charge on any atom is -0.396 e. The average molecular weight is 331 g/mol. The summed E-state index contributed by atoms with van der Waals surface area (Å²) in [6.45, 7) is 3.85. The molecule has 0 aliphatic heterocycles. The first kappa shape index (κ1) is 18.6. The van der Waals surface area contributed by atoms with Crippen molar-refractivity contribution in [3.63, 3.8) is 0 Å². The van der Waals surface area contributed by atoms with Crippen LogP contribution < -0.4 is 11.4 Å². The van der Waals surface area contributed by atoms with Crippen LogP contribution in [0.4, 0.5) is 5.82 Å². The summed E-state index contributed by atoms with van der Waals surface area (Å²) in [6, 6.07) is 1.49. The molecule has 0 radical (unpaired) electrons. The fourth-order valence-electron chi connectivity index (χ4n) is 1.72. The predicted molar refractivity (Wildman–Crippen MR) is 83.5 cm³/mol. The topological polar surface area (TPSA) is 117 Å². The fraction of sp³-hybridized carbons (Fsp3) is 0.538. The van der Waals surface area contributed by atoms with Gasteiger partial charge in [-0.05, 0) is 19.9 Å². The molecule has 0 aliphatic rings. The summed E-state index contributed by atoms with van der Waals surface area (Å²) < 4.78 is 23.8. The van der Waals surface area contributed by atoms with Crippen LogP contribution in [0.2, 0.25) is 0 Å². The van der Waals surface area contributed by atoms with Gasteiger partial charge in [-0.25, -0.2) is 4.79 Å². The van der Waals surface area contributed by atoms with Crippen LogP contribution in [0.1, 0.15) is 13.8 Å². The minimum absolute atomic E-state index is 0.134. The van der Waals surface area contributed by atoms with Crippen LogP contribution in [0.3, 0.4) is 0 Å². The first-order valence-corrected chi connectivity index (χ1v) is 8.57. The van der Waals surface area contributed by atoms with Crippen molar-refractivity contribution in [1.29, 1.82) is 0 Å². The molecule has 1 rings (SSSR count). The van der Waals surface area contributed by atoms with Crippen LogP contribution in [-0.2, 0) is 20.2 Å². The molecule has 0 aromatic carbocycles. The van der Waals surface area contributed by atoms with Crippen LogP contribution in [0.15, 0.2) is 29.0 Å². The van der Waals surface area contributed by atoms with E-state index in [-0.39, 0.29) is 32.2 Å². The van der Waals surface area contributed by atoms with Crippen molar-refractivity contribution in [3.05, 3.63) is 34.6 Å². The molecule has 9 heteroatoms. The lowest BCUT2D eigenvalue weighted by Gasteiger charge is -2.15. The second kappa shape index (κ2) is 8.85. The standard InChI is InChI=1S/C13H22N3O5P/c1-3-20-22(19,21-4-2)8-6-11(10-17)9-16-7-5-12(14)15-13(16)18/h5-8,11,17H,3-4,9-10H2,1-2H3,(H2,14,15,18)/b8-6+/t11-/m1/s1. The Morgan fingerprint density at radius 3 is 2.59 bits per heavy atom. The van der Waals surface area contributed by atoms with E-state index >= 15 is 0 Å². The Morgan fingerprint density at radius 2 is 2.09 bits per heavy atom. The van der Waals surface area contributed by atoms with Crippen LogP contribution in [0.25, 0.3) is 0 Å². The van der Waals surface area contributed by atoms with Crippen molar-refractivity contribution in [1.82, 2.24) is 9.55 Å². The number of anilines is 1. The summed E-state index contributed by atoms with van der Waals surface area (Å²) >= 11 is 0. The first-order valence-electron chi connectivity index (χ1n) is 6.96. The minimum atomic E-state index is -3.33. The number of aromatic nitrogens is 2. The molecule has 124 valence electrons. The van der Waals surface area contributed by atoms with Crippen LogP contribution in [0.5, 0.6) is 0 Å². The maximum absolute atomic E-state index is 12.3. The van der Waals surface area contributed by atoms with E-state index in [1.165, 1.54) is 28.7 Å². The predicted octanol–water partition coefficient (Wildman–Crippen LogP) is 1.21. The SMILES string of the molecule is CCOP(=O)(/C=C/[C@@H](CO)Cn1ccc(N)nc1=O)OCC. The van der Waals surface area contributed by atoms with Crippen LogP contribution >= 0.6 is 7.60 Å². The molecule has 8 nitrogen and oxygen atoms in total. The Labute approximate surface area is 129 Å². The maximum Gasteiger partial charge on any atom is 0.353 e. The number of hydrogen-bond acceptors (Lipinski definition) is 7. The smallest absolute Gasteiger partial charge is 0.353 e. The lowest BCUT2D eigenvalue weighted by molar-refractivity contribution is 0.226. The first-order chi connectivity index (χ1) is 10.4. The van der Waals surface area contributed by atoms with Crippen molar-refractivity contribution in [2.45, 2.75) is 20.4 Å². The van der Waals surface area contributed by atoms with E-state index in [2.05, 4.69) is 4.98 Å². The second-order valence-corrected chi connectivity index (χ2v) is 6.34. The Morgan fingerprint density at radius 1 is 1.45 bits per heavy atom. The molecule has 0 aliphatic carbocycles. The zero-order chi connectivity index (χ0) is 16.6. The van der Waals surface area contributed by atoms with Gasteiger partial charge in [-0.1, -0.05) is 6.08 Å². The normalized spacial score (nSPS) is 13.6. The summed E-state index contributed by atoms with van der Waals surface area (Å²) in [5.41, 5.74) is 4.91. The third-order valence-electron chi connectivity index (χ3n) is 2.72. The van der Waals surface area contributed by atoms with Crippen molar-refractivity contribution in [2.24, 2.45) is 5.92 Å². The van der Waals surface area contributed by atoms with Gasteiger partial charge in [0.25, 0.3) is 0 Å². The summed E-state index contributed by atoms with van der Waals surface area (Å²) in [6.07, 6.45) is 3.01. The van der Waals surface area contributed by atoms with Crippen LogP contribution in [0, 0.1) is 5.92 Å². The molecule has 0 saturated carbocycles. The monoisotopic (exact) mass is 331 g/mol. The molecule has 0 unspecified atom stereocenters. The van der Waals surface area contributed by atoms with E-state index in [1.807, 2.05) is 0 Å². The fourth-order valence-corrected chi connectivity index (χ4v) is 3.14. The molecular formula is C13H22N3O5P. The van der Waals surface area contributed by atoms with E-state index in [4.69, 9.17) is 14.8 Å². The molecular weight excluding hydrogens is 309 g/mol. The molecule has 0 bridgehead atoms. The molecule has 0 spiro atoms. The quantitative estimate of drug-likeness (QED) is 0.653. The number of nitrogens with two attached hydrogens (primary N) is 1. The molecule has 0 fully saturated rings. The molecule has 1 aromatic heterocycles. The van der Waals surface area contributed by atoms with Gasteiger partial charge in [-0.3, -0.25) is 9.13 Å². The number of hydrogen-bond donors (Lipinski definition) is 2. The molecule has 3 N–H and O–H groups in total. The van der Waals surface area contributed by atoms with Gasteiger partial charge in [0.05, 0.1) is 19.8 Å². The highest BCUT2D eigenvalue weighted by Gasteiger charge is 2.20. The Bertz CT molecular complexity index is 592. The van der Waals surface area contributed by atoms with Gasteiger partial charge in [-0.2, -0.15) is 4.98 Å². The summed E-state index contributed by atoms with van der Waals surface area (Å²) in [7, 11) is -3.33. The highest BCUT2D eigenvalue weighted by atomic mass is 31.2. The Hall–Kier alpha value is -1.47. The van der Waals surface area contributed by atoms with E-state index in [9.17, 15) is 14.5 Å². The van der Waals surface area contributed by atoms with Crippen molar-refractivity contribution in [3.8, 4) is 0 Å². The van der Waals surface area contributed by atoms with Gasteiger partial charge in [0.1, 0.15) is 5.82 Å². The number of aliphatic hydroxyl groups excluding tert-OH is 1. The zero-order valence-corrected chi connectivity index (χ0v) is 13.6. The summed E-state index contributed by atoms with van der Waals surface area (Å²) in [4.78, 5) is 15.3. The average Bonchev–Trinajstić information content (AvgIpc) is 2.46. The van der Waals surface area contributed by atoms with E-state index in [0.29, 0.717) is 0 Å². The molecule has 0 saturated heterocycles. The zero-order valence-electron chi connectivity index (χ0n) is 12.7. The highest BCUT2D eigenvalue weighted by Crippen LogP contribution is 2.49. The van der Waals surface area contributed by atoms with Crippen molar-refractivity contribution >= 4 is 13.4 Å². The molecule has 0 amide bonds. The van der Waals surface area contributed by atoms with E-state index < -0.39 is 19.2 Å². The second-order valence-electron chi connectivity index (χ2n) is 4.45. The number of nitrogens with zero attached hydrogens (tertiary/aromatic N) is 2. The largest absolute Gasteiger partial charge is 0.396 e. The van der Waals surface area contributed by atoms with Gasteiger partial charge < -0.3 is 19.9 Å². The number of nitrogen functional groups attached to an aromatic ring is 1. The van der Waals surface area contributed by atoms with Crippen molar-refractivity contribution < 1.29 is 18.7 Å². The van der Waals surface area contributed by atoms with Gasteiger partial charge >= 0.3 is 13.3 Å². The maximum atomic E-state index is 12.3. The van der Waals surface area contributed by atoms with E-state index in [0.717, 1.165) is 0 Å². The summed E-state index contributed by atoms with van der Waals surface area (Å²) in [5.74, 6) is 1.02. The molecule has 1 aromatic rings. The van der Waals surface area contributed by atoms with Gasteiger partial charge in [-0.15, -0.1) is 0 Å². The van der Waals surface area contributed by atoms with Gasteiger partial charge in [0, 0.05) is 24.5 Å². The van der Waals surface area contributed by atoms with Crippen molar-refractivity contribution in [2.75, 3.05) is 25.6 Å². The molecule has 22 heavy (non-hydrogen) atoms. The lowest BCUT2D eigenvalue weighted by atomic mass is 10.1. The molecule has 1 heterocycles. The third kappa shape index (κ3) is 5.73. The Kier molecular flexibility index (Phi) is 7.47. The van der Waals surface area contributed by atoms with Crippen LogP contribution in [-0.4, -0.2) is 34.5 Å². The van der Waals surface area contributed by atoms with Gasteiger partial charge in [0.2, 0.25) is 0 Å².